The lowest BCUT2D eigenvalue weighted by Gasteiger charge is -2.25. The molecule has 1 aliphatic heterocycles. The molecule has 0 aromatic heterocycles. The third kappa shape index (κ3) is 4.36. The van der Waals surface area contributed by atoms with E-state index in [-0.39, 0.29) is 31.0 Å². The van der Waals surface area contributed by atoms with Gasteiger partial charge < -0.3 is 9.47 Å². The molecule has 0 unspecified atom stereocenters. The molecule has 1 saturated heterocycles. The summed E-state index contributed by atoms with van der Waals surface area (Å²) in [6, 6.07) is 15.5. The monoisotopic (exact) mass is 419 g/mol. The van der Waals surface area contributed by atoms with Gasteiger partial charge in [-0.3, -0.25) is 4.90 Å². The predicted molar refractivity (Wildman–Crippen MR) is 119 cm³/mol. The van der Waals surface area contributed by atoms with Crippen molar-refractivity contribution < 1.29 is 19.1 Å². The van der Waals surface area contributed by atoms with Crippen LogP contribution in [0.5, 0.6) is 0 Å². The van der Waals surface area contributed by atoms with E-state index in [4.69, 9.17) is 9.47 Å². The number of carbonyl (C=O) groups excluding carboxylic acids is 2. The first-order valence-corrected chi connectivity index (χ1v) is 10.9. The summed E-state index contributed by atoms with van der Waals surface area (Å²) < 4.78 is 10.9. The van der Waals surface area contributed by atoms with Crippen LogP contribution in [0, 0.1) is 25.7 Å². The molecule has 0 N–H and O–H groups in total. The zero-order chi connectivity index (χ0) is 22.0. The number of fused-ring (bicyclic) bond motifs is 1. The van der Waals surface area contributed by atoms with Crippen molar-refractivity contribution in [1.29, 1.82) is 0 Å². The molecule has 2 aromatic rings. The lowest BCUT2D eigenvalue weighted by atomic mass is 9.86. The molecular formula is C26H29NO4. The number of carbonyl (C=O) groups is 2. The van der Waals surface area contributed by atoms with Gasteiger partial charge in [-0.15, -0.1) is 0 Å². The van der Waals surface area contributed by atoms with Crippen LogP contribution in [0.15, 0.2) is 54.6 Å². The van der Waals surface area contributed by atoms with Crippen molar-refractivity contribution in [2.24, 2.45) is 11.8 Å². The summed E-state index contributed by atoms with van der Waals surface area (Å²) in [6.45, 7) is 6.90. The lowest BCUT2D eigenvalue weighted by molar-refractivity contribution is -0.149. The third-order valence-electron chi connectivity index (χ3n) is 6.18. The zero-order valence-corrected chi connectivity index (χ0v) is 18.3. The molecule has 2 aromatic carbocycles. The number of hydrogen-bond acceptors (Lipinski definition) is 4. The number of nitrogens with zero attached hydrogens (tertiary/aromatic N) is 1. The Morgan fingerprint density at radius 3 is 2.42 bits per heavy atom. The van der Waals surface area contributed by atoms with Crippen molar-refractivity contribution in [3.8, 4) is 0 Å². The summed E-state index contributed by atoms with van der Waals surface area (Å²) in [5, 5.41) is 0. The van der Waals surface area contributed by atoms with E-state index in [9.17, 15) is 9.59 Å². The van der Waals surface area contributed by atoms with Crippen LogP contribution in [0.3, 0.4) is 0 Å². The first kappa shape index (κ1) is 21.2. The SMILES string of the molecule is CCOC(=O)[C@@H]1[C@H]2CC=C(c3cc(C)cc(C)c3)[C@H]2CN1C(=O)OCc1ccccc1. The molecule has 1 heterocycles. The Morgan fingerprint density at radius 2 is 1.74 bits per heavy atom. The maximum absolute atomic E-state index is 13.0. The summed E-state index contributed by atoms with van der Waals surface area (Å²) in [4.78, 5) is 27.4. The second-order valence-corrected chi connectivity index (χ2v) is 8.43. The van der Waals surface area contributed by atoms with Gasteiger partial charge in [0.15, 0.2) is 0 Å². The van der Waals surface area contributed by atoms with Gasteiger partial charge in [-0.25, -0.2) is 9.59 Å². The Bertz CT molecular complexity index is 977. The van der Waals surface area contributed by atoms with Crippen LogP contribution in [0.4, 0.5) is 4.79 Å². The van der Waals surface area contributed by atoms with E-state index >= 15 is 0 Å². The first-order chi connectivity index (χ1) is 15.0. The van der Waals surface area contributed by atoms with Crippen molar-refractivity contribution >= 4 is 17.6 Å². The van der Waals surface area contributed by atoms with Crippen molar-refractivity contribution in [3.05, 3.63) is 76.9 Å². The number of rotatable bonds is 5. The van der Waals surface area contributed by atoms with E-state index in [1.165, 1.54) is 22.3 Å². The summed E-state index contributed by atoms with van der Waals surface area (Å²) in [6.07, 6.45) is 2.51. The Kier molecular flexibility index (Phi) is 6.12. The largest absolute Gasteiger partial charge is 0.464 e. The molecule has 31 heavy (non-hydrogen) atoms. The molecule has 0 radical (unpaired) electrons. The van der Waals surface area contributed by atoms with Gasteiger partial charge >= 0.3 is 12.1 Å². The van der Waals surface area contributed by atoms with Gasteiger partial charge in [-0.05, 0) is 43.9 Å². The maximum Gasteiger partial charge on any atom is 0.410 e. The quantitative estimate of drug-likeness (QED) is 0.647. The number of hydrogen-bond donors (Lipinski definition) is 0. The minimum atomic E-state index is -0.618. The fourth-order valence-electron chi connectivity index (χ4n) is 4.94. The molecular weight excluding hydrogens is 390 g/mol. The van der Waals surface area contributed by atoms with Crippen LogP contribution >= 0.6 is 0 Å². The molecule has 1 fully saturated rings. The normalized spacial score (nSPS) is 22.1. The predicted octanol–water partition coefficient (Wildman–Crippen LogP) is 4.91. The second kappa shape index (κ2) is 8.96. The summed E-state index contributed by atoms with van der Waals surface area (Å²) in [7, 11) is 0. The number of esters is 1. The molecule has 1 aliphatic carbocycles. The van der Waals surface area contributed by atoms with Gasteiger partial charge in [0.25, 0.3) is 0 Å². The molecule has 0 saturated carbocycles. The van der Waals surface area contributed by atoms with Crippen LogP contribution < -0.4 is 0 Å². The van der Waals surface area contributed by atoms with Crippen LogP contribution in [0.2, 0.25) is 0 Å². The van der Waals surface area contributed by atoms with Gasteiger partial charge in [0, 0.05) is 18.4 Å². The first-order valence-electron chi connectivity index (χ1n) is 10.9. The molecule has 3 atom stereocenters. The average molecular weight is 420 g/mol. The van der Waals surface area contributed by atoms with Gasteiger partial charge in [0.05, 0.1) is 6.61 Å². The number of ether oxygens (including phenoxy) is 2. The fourth-order valence-corrected chi connectivity index (χ4v) is 4.94. The highest BCUT2D eigenvalue weighted by Gasteiger charge is 2.52. The third-order valence-corrected chi connectivity index (χ3v) is 6.18. The maximum atomic E-state index is 13.0. The van der Waals surface area contributed by atoms with Crippen LogP contribution in [0.1, 0.15) is 35.6 Å². The number of aryl methyl sites for hydroxylation is 2. The van der Waals surface area contributed by atoms with Crippen molar-refractivity contribution in [2.45, 2.75) is 39.8 Å². The van der Waals surface area contributed by atoms with E-state index in [1.807, 2.05) is 30.3 Å². The van der Waals surface area contributed by atoms with Gasteiger partial charge in [0.1, 0.15) is 12.6 Å². The van der Waals surface area contributed by atoms with E-state index in [0.717, 1.165) is 12.0 Å². The lowest BCUT2D eigenvalue weighted by Crippen LogP contribution is -2.44. The van der Waals surface area contributed by atoms with Crippen molar-refractivity contribution in [1.82, 2.24) is 4.90 Å². The highest BCUT2D eigenvalue weighted by atomic mass is 16.6. The molecule has 5 heteroatoms. The molecule has 162 valence electrons. The Hall–Kier alpha value is -3.08. The Morgan fingerprint density at radius 1 is 1.03 bits per heavy atom. The van der Waals surface area contributed by atoms with Gasteiger partial charge in [0.2, 0.25) is 0 Å². The topological polar surface area (TPSA) is 55.8 Å². The fraction of sp³-hybridized carbons (Fsp3) is 0.385. The van der Waals surface area contributed by atoms with Crippen LogP contribution in [-0.2, 0) is 20.9 Å². The van der Waals surface area contributed by atoms with E-state index in [1.54, 1.807) is 11.8 Å². The van der Waals surface area contributed by atoms with E-state index < -0.39 is 12.1 Å². The summed E-state index contributed by atoms with van der Waals surface area (Å²) in [5.74, 6) is -0.235. The van der Waals surface area contributed by atoms with Crippen molar-refractivity contribution in [2.75, 3.05) is 13.2 Å². The number of likely N-dealkylation sites (tertiary alicyclic amines) is 1. The second-order valence-electron chi connectivity index (χ2n) is 8.43. The molecule has 2 aliphatic rings. The minimum Gasteiger partial charge on any atom is -0.464 e. The zero-order valence-electron chi connectivity index (χ0n) is 18.3. The molecule has 0 spiro atoms. The molecule has 1 amide bonds. The van der Waals surface area contributed by atoms with Crippen molar-refractivity contribution in [3.63, 3.8) is 0 Å². The number of allylic oxidation sites excluding steroid dienone is 1. The summed E-state index contributed by atoms with van der Waals surface area (Å²) in [5.41, 5.74) is 5.71. The molecule has 5 nitrogen and oxygen atoms in total. The highest BCUT2D eigenvalue weighted by Crippen LogP contribution is 2.47. The smallest absolute Gasteiger partial charge is 0.410 e. The Balaban J connectivity index is 1.56. The average Bonchev–Trinajstić information content (AvgIpc) is 3.31. The van der Waals surface area contributed by atoms with E-state index in [2.05, 4.69) is 38.1 Å². The van der Waals surface area contributed by atoms with Crippen LogP contribution in [-0.4, -0.2) is 36.2 Å². The Labute approximate surface area is 183 Å². The number of amides is 1. The van der Waals surface area contributed by atoms with Gasteiger partial charge in [-0.1, -0.05) is 65.7 Å². The minimum absolute atomic E-state index is 0.0131. The van der Waals surface area contributed by atoms with Crippen LogP contribution in [0.25, 0.3) is 5.57 Å². The standard InChI is InChI=1S/C26H29NO4/c1-4-30-25(28)24-22-11-10-21(20-13-17(2)12-18(3)14-20)23(22)15-27(24)26(29)31-16-19-8-6-5-7-9-19/h5-10,12-14,22-24H,4,11,15-16H2,1-3H3/t22-,23+,24-/m0/s1. The summed E-state index contributed by atoms with van der Waals surface area (Å²) >= 11 is 0. The highest BCUT2D eigenvalue weighted by molar-refractivity contribution is 5.85. The molecule has 4 rings (SSSR count). The van der Waals surface area contributed by atoms with E-state index in [0.29, 0.717) is 6.54 Å². The van der Waals surface area contributed by atoms with Gasteiger partial charge in [-0.2, -0.15) is 0 Å². The number of benzene rings is 2. The molecule has 0 bridgehead atoms.